The molecule has 2 N–H and O–H groups in total. The predicted molar refractivity (Wildman–Crippen MR) is 121 cm³/mol. The van der Waals surface area contributed by atoms with E-state index in [0.717, 1.165) is 11.1 Å². The Balaban J connectivity index is 1.49. The van der Waals surface area contributed by atoms with E-state index in [9.17, 15) is 18.3 Å². The molecule has 0 atom stereocenters. The van der Waals surface area contributed by atoms with Crippen molar-refractivity contribution in [1.29, 1.82) is 0 Å². The summed E-state index contributed by atoms with van der Waals surface area (Å²) in [6.07, 6.45) is 4.15. The van der Waals surface area contributed by atoms with Crippen molar-refractivity contribution in [2.45, 2.75) is 24.8 Å². The van der Waals surface area contributed by atoms with E-state index in [0.29, 0.717) is 36.4 Å². The number of carbonyl (C=O) groups excluding carboxylic acids is 1. The second-order valence-corrected chi connectivity index (χ2v) is 9.43. The van der Waals surface area contributed by atoms with Crippen LogP contribution in [0.5, 0.6) is 5.75 Å². The summed E-state index contributed by atoms with van der Waals surface area (Å²) in [5.74, 6) is 0.513. The van der Waals surface area contributed by atoms with Gasteiger partial charge in [0.05, 0.1) is 17.7 Å². The lowest BCUT2D eigenvalue weighted by atomic mass is 9.98. The van der Waals surface area contributed by atoms with Gasteiger partial charge in [0.15, 0.2) is 0 Å². The number of nitrogens with one attached hydrogen (secondary N) is 1. The monoisotopic (exact) mass is 452 g/mol. The lowest BCUT2D eigenvalue weighted by Crippen LogP contribution is -2.35. The second-order valence-electron chi connectivity index (χ2n) is 7.66. The van der Waals surface area contributed by atoms with Crippen LogP contribution in [0.1, 0.15) is 33.7 Å². The minimum atomic E-state index is -3.80. The van der Waals surface area contributed by atoms with Crippen molar-refractivity contribution < 1.29 is 22.7 Å². The average Bonchev–Trinajstić information content (AvgIpc) is 3.32. The van der Waals surface area contributed by atoms with Crippen LogP contribution in [0.2, 0.25) is 0 Å². The highest BCUT2D eigenvalue weighted by Crippen LogP contribution is 2.26. The Morgan fingerprint density at radius 2 is 1.94 bits per heavy atom. The van der Waals surface area contributed by atoms with E-state index in [1.165, 1.54) is 18.4 Å². The molecule has 1 aromatic heterocycles. The fourth-order valence-corrected chi connectivity index (χ4v) is 4.64. The Bertz CT molecular complexity index is 1250. The summed E-state index contributed by atoms with van der Waals surface area (Å²) in [7, 11) is -3.80. The fraction of sp³-hybridized carbons (Fsp3) is 0.208. The third-order valence-corrected chi connectivity index (χ3v) is 6.90. The number of rotatable bonds is 6. The predicted octanol–water partition coefficient (Wildman–Crippen LogP) is 3.70. The van der Waals surface area contributed by atoms with Crippen molar-refractivity contribution in [2.75, 3.05) is 13.1 Å². The number of nitrogens with zero attached hydrogens (tertiary/aromatic N) is 1. The zero-order chi connectivity index (χ0) is 22.7. The number of carbonyl (C=O) groups is 1. The maximum absolute atomic E-state index is 13.2. The number of hydrogen-bond acceptors (Lipinski definition) is 5. The molecule has 1 amide bonds. The smallest absolute Gasteiger partial charge is 0.254 e. The number of phenols is 1. The Kier molecular flexibility index (Phi) is 6.16. The number of aryl methyl sites for hydroxylation is 1. The molecule has 0 spiro atoms. The second kappa shape index (κ2) is 9.02. The summed E-state index contributed by atoms with van der Waals surface area (Å²) in [6, 6.07) is 14.9. The van der Waals surface area contributed by atoms with Gasteiger partial charge in [-0.2, -0.15) is 0 Å². The minimum Gasteiger partial charge on any atom is -0.508 e. The molecule has 0 aliphatic carbocycles. The first-order valence-corrected chi connectivity index (χ1v) is 11.7. The minimum absolute atomic E-state index is 0.0312. The molecule has 4 rings (SSSR count). The van der Waals surface area contributed by atoms with Gasteiger partial charge in [0.1, 0.15) is 11.5 Å². The molecule has 0 bridgehead atoms. The molecule has 1 aliphatic rings. The molecule has 2 heterocycles. The van der Waals surface area contributed by atoms with Gasteiger partial charge in [-0.1, -0.05) is 24.3 Å². The highest BCUT2D eigenvalue weighted by atomic mass is 32.2. The quantitative estimate of drug-likeness (QED) is 0.594. The third kappa shape index (κ3) is 4.76. The van der Waals surface area contributed by atoms with Crippen molar-refractivity contribution in [2.24, 2.45) is 0 Å². The molecule has 0 fully saturated rings. The standard InChI is InChI=1S/C24H24N2O5S/c1-17-4-9-22(32(29,30)25-16-21-3-2-14-31-21)15-23(17)24(28)26-12-10-19(11-13-26)18-5-7-20(27)8-6-18/h2-10,14-15,25,27H,11-13,16H2,1H3. The van der Waals surface area contributed by atoms with Crippen LogP contribution in [0.4, 0.5) is 0 Å². The van der Waals surface area contributed by atoms with Gasteiger partial charge in [-0.05, 0) is 66.4 Å². The molecular weight excluding hydrogens is 428 g/mol. The van der Waals surface area contributed by atoms with Crippen LogP contribution >= 0.6 is 0 Å². The topological polar surface area (TPSA) is 99.8 Å². The summed E-state index contributed by atoms with van der Waals surface area (Å²) in [6.45, 7) is 2.78. The zero-order valence-corrected chi connectivity index (χ0v) is 18.4. The highest BCUT2D eigenvalue weighted by Gasteiger charge is 2.23. The first-order valence-electron chi connectivity index (χ1n) is 10.2. The van der Waals surface area contributed by atoms with Crippen LogP contribution in [-0.4, -0.2) is 37.4 Å². The van der Waals surface area contributed by atoms with Gasteiger partial charge in [-0.15, -0.1) is 0 Å². The van der Waals surface area contributed by atoms with E-state index in [1.807, 2.05) is 18.2 Å². The number of amides is 1. The molecule has 0 saturated carbocycles. The van der Waals surface area contributed by atoms with Gasteiger partial charge < -0.3 is 14.4 Å². The number of phenolic OH excluding ortho intramolecular Hbond substituents is 1. The number of benzene rings is 2. The van der Waals surface area contributed by atoms with Gasteiger partial charge in [0, 0.05) is 18.7 Å². The first-order chi connectivity index (χ1) is 15.3. The maximum atomic E-state index is 13.2. The molecule has 0 radical (unpaired) electrons. The highest BCUT2D eigenvalue weighted by molar-refractivity contribution is 7.89. The van der Waals surface area contributed by atoms with Crippen LogP contribution in [0.3, 0.4) is 0 Å². The molecule has 7 nitrogen and oxygen atoms in total. The Morgan fingerprint density at radius 3 is 2.59 bits per heavy atom. The molecule has 3 aromatic rings. The molecule has 166 valence electrons. The first kappa shape index (κ1) is 21.9. The zero-order valence-electron chi connectivity index (χ0n) is 17.6. The largest absolute Gasteiger partial charge is 0.508 e. The van der Waals surface area contributed by atoms with E-state index in [1.54, 1.807) is 42.2 Å². The third-order valence-electron chi connectivity index (χ3n) is 5.50. The van der Waals surface area contributed by atoms with Gasteiger partial charge in [0.25, 0.3) is 5.91 Å². The lowest BCUT2D eigenvalue weighted by Gasteiger charge is -2.27. The summed E-state index contributed by atoms with van der Waals surface area (Å²) in [5.41, 5.74) is 3.21. The molecule has 0 saturated heterocycles. The van der Waals surface area contributed by atoms with E-state index in [2.05, 4.69) is 4.72 Å². The average molecular weight is 453 g/mol. The number of sulfonamides is 1. The lowest BCUT2D eigenvalue weighted by molar-refractivity contribution is 0.0772. The molecule has 32 heavy (non-hydrogen) atoms. The van der Waals surface area contributed by atoms with E-state index in [-0.39, 0.29) is 23.1 Å². The Hall–Kier alpha value is -3.36. The van der Waals surface area contributed by atoms with Crippen LogP contribution in [-0.2, 0) is 16.6 Å². The van der Waals surface area contributed by atoms with Crippen LogP contribution in [0, 0.1) is 6.92 Å². The van der Waals surface area contributed by atoms with Crippen molar-refractivity contribution in [3.8, 4) is 5.75 Å². The van der Waals surface area contributed by atoms with Crippen LogP contribution < -0.4 is 4.72 Å². The van der Waals surface area contributed by atoms with Gasteiger partial charge in [-0.25, -0.2) is 13.1 Å². The molecule has 8 heteroatoms. The van der Waals surface area contributed by atoms with Crippen molar-refractivity contribution in [3.63, 3.8) is 0 Å². The number of hydrogen-bond donors (Lipinski definition) is 2. The normalized spacial score (nSPS) is 14.3. The maximum Gasteiger partial charge on any atom is 0.254 e. The molecular formula is C24H24N2O5S. The number of aromatic hydroxyl groups is 1. The van der Waals surface area contributed by atoms with E-state index < -0.39 is 10.0 Å². The molecule has 0 unspecified atom stereocenters. The summed E-state index contributed by atoms with van der Waals surface area (Å²) < 4.78 is 33.1. The number of furan rings is 1. The summed E-state index contributed by atoms with van der Waals surface area (Å²) in [4.78, 5) is 14.9. The fourth-order valence-electron chi connectivity index (χ4n) is 3.62. The molecule has 2 aromatic carbocycles. The summed E-state index contributed by atoms with van der Waals surface area (Å²) in [5, 5.41) is 9.46. The van der Waals surface area contributed by atoms with Gasteiger partial charge in [0.2, 0.25) is 10.0 Å². The van der Waals surface area contributed by atoms with Crippen molar-refractivity contribution in [3.05, 3.63) is 89.4 Å². The molecule has 1 aliphatic heterocycles. The Labute approximate surface area is 187 Å². The Morgan fingerprint density at radius 1 is 1.16 bits per heavy atom. The summed E-state index contributed by atoms with van der Waals surface area (Å²) >= 11 is 0. The van der Waals surface area contributed by atoms with Crippen LogP contribution in [0.25, 0.3) is 5.57 Å². The van der Waals surface area contributed by atoms with Crippen molar-refractivity contribution >= 4 is 21.5 Å². The van der Waals surface area contributed by atoms with E-state index in [4.69, 9.17) is 4.42 Å². The van der Waals surface area contributed by atoms with E-state index >= 15 is 0 Å². The van der Waals surface area contributed by atoms with Gasteiger partial charge >= 0.3 is 0 Å². The van der Waals surface area contributed by atoms with Gasteiger partial charge in [-0.3, -0.25) is 4.79 Å². The van der Waals surface area contributed by atoms with Crippen LogP contribution in [0.15, 0.2) is 76.2 Å². The van der Waals surface area contributed by atoms with Crippen molar-refractivity contribution in [1.82, 2.24) is 9.62 Å². The SMILES string of the molecule is Cc1ccc(S(=O)(=O)NCc2ccco2)cc1C(=O)N1CC=C(c2ccc(O)cc2)CC1.